The van der Waals surface area contributed by atoms with E-state index in [9.17, 15) is 0 Å². The summed E-state index contributed by atoms with van der Waals surface area (Å²) >= 11 is 1.72. The third-order valence-corrected chi connectivity index (χ3v) is 5.70. The van der Waals surface area contributed by atoms with E-state index in [0.29, 0.717) is 0 Å². The number of thioether (sulfide) groups is 1. The van der Waals surface area contributed by atoms with Crippen LogP contribution in [0.3, 0.4) is 0 Å². The van der Waals surface area contributed by atoms with E-state index >= 15 is 0 Å². The van der Waals surface area contributed by atoms with Gasteiger partial charge in [0.25, 0.3) is 0 Å². The van der Waals surface area contributed by atoms with Crippen molar-refractivity contribution in [2.45, 2.75) is 5.16 Å². The number of aromatic nitrogens is 4. The Morgan fingerprint density at radius 1 is 1.14 bits per heavy atom. The zero-order chi connectivity index (χ0) is 19.2. The Morgan fingerprint density at radius 2 is 2.00 bits per heavy atom. The van der Waals surface area contributed by atoms with Gasteiger partial charge in [0, 0.05) is 18.0 Å². The maximum Gasteiger partial charge on any atom is 0.196 e. The molecule has 1 saturated heterocycles. The molecule has 146 valence electrons. The van der Waals surface area contributed by atoms with Gasteiger partial charge in [-0.15, -0.1) is 10.2 Å². The molecule has 28 heavy (non-hydrogen) atoms. The number of para-hydroxylation sites is 2. The molecule has 1 fully saturated rings. The normalized spacial score (nSPS) is 14.9. The molecule has 0 bridgehead atoms. The predicted molar refractivity (Wildman–Crippen MR) is 108 cm³/mol. The van der Waals surface area contributed by atoms with Crippen molar-refractivity contribution in [3.63, 3.8) is 0 Å². The molecule has 0 aliphatic carbocycles. The predicted octanol–water partition coefficient (Wildman–Crippen LogP) is 1.35. The fourth-order valence-corrected chi connectivity index (χ4v) is 4.26. The molecule has 0 radical (unpaired) electrons. The van der Waals surface area contributed by atoms with Crippen LogP contribution in [-0.2, 0) is 4.74 Å². The van der Waals surface area contributed by atoms with E-state index in [0.717, 1.165) is 66.6 Å². The molecule has 3 aromatic rings. The van der Waals surface area contributed by atoms with Gasteiger partial charge in [0.1, 0.15) is 18.8 Å². The summed E-state index contributed by atoms with van der Waals surface area (Å²) in [6, 6.07) is 11.8. The average Bonchev–Trinajstić information content (AvgIpc) is 3.19. The van der Waals surface area contributed by atoms with Crippen LogP contribution in [0.1, 0.15) is 0 Å². The molecule has 7 nitrogen and oxygen atoms in total. The van der Waals surface area contributed by atoms with Gasteiger partial charge in [0.15, 0.2) is 11.0 Å². The Balaban J connectivity index is 1.63. The molecule has 0 atom stereocenters. The van der Waals surface area contributed by atoms with Crippen LogP contribution in [-0.4, -0.2) is 65.5 Å². The van der Waals surface area contributed by atoms with Gasteiger partial charge in [0.05, 0.1) is 38.3 Å². The number of nitrogens with one attached hydrogen (secondary N) is 1. The Bertz CT molecular complexity index is 897. The summed E-state index contributed by atoms with van der Waals surface area (Å²) < 4.78 is 13.1. The van der Waals surface area contributed by atoms with Crippen LogP contribution in [0.5, 0.6) is 5.75 Å². The lowest BCUT2D eigenvalue weighted by atomic mass is 10.2. The first-order valence-electron chi connectivity index (χ1n) is 9.40. The van der Waals surface area contributed by atoms with E-state index < -0.39 is 0 Å². The highest BCUT2D eigenvalue weighted by atomic mass is 32.2. The standard InChI is InChI=1S/C20H23N5O2S/c1-26-18-7-3-2-6-17(18)25-19(16-5-4-8-21-15-16)22-23-20(25)28-14-11-24-9-12-27-13-10-24/h2-8,15H,9-14H2,1H3/p+1. The van der Waals surface area contributed by atoms with Crippen molar-refractivity contribution >= 4 is 11.8 Å². The Morgan fingerprint density at radius 3 is 2.79 bits per heavy atom. The second kappa shape index (κ2) is 9.18. The van der Waals surface area contributed by atoms with Gasteiger partial charge in [-0.25, -0.2) is 0 Å². The van der Waals surface area contributed by atoms with Gasteiger partial charge < -0.3 is 14.4 Å². The lowest BCUT2D eigenvalue weighted by Gasteiger charge is -2.23. The molecule has 0 amide bonds. The summed E-state index contributed by atoms with van der Waals surface area (Å²) in [5.41, 5.74) is 1.85. The van der Waals surface area contributed by atoms with Gasteiger partial charge in [-0.2, -0.15) is 0 Å². The first-order valence-corrected chi connectivity index (χ1v) is 10.4. The van der Waals surface area contributed by atoms with Gasteiger partial charge in [-0.3, -0.25) is 9.55 Å². The quantitative estimate of drug-likeness (QED) is 0.606. The van der Waals surface area contributed by atoms with Crippen LogP contribution in [0.15, 0.2) is 53.9 Å². The van der Waals surface area contributed by atoms with Gasteiger partial charge in [-0.1, -0.05) is 23.9 Å². The Hall–Kier alpha value is -2.42. The summed E-state index contributed by atoms with van der Waals surface area (Å²) in [5, 5.41) is 9.82. The third-order valence-electron chi connectivity index (χ3n) is 4.77. The van der Waals surface area contributed by atoms with Crippen LogP contribution < -0.4 is 9.64 Å². The van der Waals surface area contributed by atoms with Gasteiger partial charge in [-0.05, 0) is 24.3 Å². The number of nitrogens with zero attached hydrogens (tertiary/aromatic N) is 4. The molecule has 0 unspecified atom stereocenters. The van der Waals surface area contributed by atoms with Gasteiger partial charge >= 0.3 is 0 Å². The number of benzene rings is 1. The molecule has 1 aliphatic rings. The van der Waals surface area contributed by atoms with Crippen molar-refractivity contribution in [1.82, 2.24) is 19.7 Å². The first kappa shape index (κ1) is 18.9. The maximum absolute atomic E-state index is 5.60. The molecular formula is C20H24N5O2S+. The summed E-state index contributed by atoms with van der Waals surface area (Å²) in [7, 11) is 1.68. The summed E-state index contributed by atoms with van der Waals surface area (Å²) in [5.74, 6) is 2.52. The van der Waals surface area contributed by atoms with E-state index in [4.69, 9.17) is 9.47 Å². The monoisotopic (exact) mass is 398 g/mol. The molecule has 8 heteroatoms. The summed E-state index contributed by atoms with van der Waals surface area (Å²) in [6.07, 6.45) is 3.57. The van der Waals surface area contributed by atoms with E-state index in [1.807, 2.05) is 42.6 Å². The number of hydrogen-bond donors (Lipinski definition) is 1. The molecule has 0 saturated carbocycles. The fourth-order valence-electron chi connectivity index (χ4n) is 3.27. The highest BCUT2D eigenvalue weighted by Gasteiger charge is 2.20. The molecule has 1 N–H and O–H groups in total. The summed E-state index contributed by atoms with van der Waals surface area (Å²) in [6.45, 7) is 4.92. The molecule has 3 heterocycles. The highest BCUT2D eigenvalue weighted by Crippen LogP contribution is 2.31. The smallest absolute Gasteiger partial charge is 0.196 e. The molecule has 1 aliphatic heterocycles. The largest absolute Gasteiger partial charge is 0.495 e. The number of hydrogen-bond acceptors (Lipinski definition) is 6. The van der Waals surface area contributed by atoms with Crippen LogP contribution in [0, 0.1) is 0 Å². The van der Waals surface area contributed by atoms with E-state index in [1.54, 1.807) is 30.0 Å². The van der Waals surface area contributed by atoms with Crippen molar-refractivity contribution in [2.75, 3.05) is 45.7 Å². The minimum absolute atomic E-state index is 0.763. The van der Waals surface area contributed by atoms with Crippen molar-refractivity contribution in [1.29, 1.82) is 0 Å². The minimum atomic E-state index is 0.763. The SMILES string of the molecule is COc1ccccc1-n1c(SCC[NH+]2CCOCC2)nnc1-c1cccnc1. The number of morpholine rings is 1. The number of pyridine rings is 1. The first-order chi connectivity index (χ1) is 13.9. The van der Waals surface area contributed by atoms with Crippen LogP contribution >= 0.6 is 11.8 Å². The van der Waals surface area contributed by atoms with Crippen molar-refractivity contribution < 1.29 is 14.4 Å². The summed E-state index contributed by atoms with van der Waals surface area (Å²) in [4.78, 5) is 5.82. The molecular weight excluding hydrogens is 374 g/mol. The van der Waals surface area contributed by atoms with Gasteiger partial charge in [0.2, 0.25) is 0 Å². The molecule has 0 spiro atoms. The van der Waals surface area contributed by atoms with Crippen LogP contribution in [0.2, 0.25) is 0 Å². The van der Waals surface area contributed by atoms with Crippen molar-refractivity contribution in [2.24, 2.45) is 0 Å². The second-order valence-electron chi connectivity index (χ2n) is 6.52. The van der Waals surface area contributed by atoms with E-state index in [2.05, 4.69) is 19.7 Å². The number of quaternary nitrogens is 1. The van der Waals surface area contributed by atoms with Crippen molar-refractivity contribution in [3.05, 3.63) is 48.8 Å². The lowest BCUT2D eigenvalue weighted by Crippen LogP contribution is -3.14. The van der Waals surface area contributed by atoms with E-state index in [-0.39, 0.29) is 0 Å². The average molecular weight is 399 g/mol. The Labute approximate surface area is 168 Å². The fraction of sp³-hybridized carbons (Fsp3) is 0.350. The second-order valence-corrected chi connectivity index (χ2v) is 7.58. The minimum Gasteiger partial charge on any atom is -0.495 e. The lowest BCUT2D eigenvalue weighted by molar-refractivity contribution is -0.905. The molecule has 4 rings (SSSR count). The number of ether oxygens (including phenoxy) is 2. The molecule has 2 aromatic heterocycles. The topological polar surface area (TPSA) is 66.5 Å². The van der Waals surface area contributed by atoms with Crippen molar-refractivity contribution in [3.8, 4) is 22.8 Å². The third kappa shape index (κ3) is 4.19. The Kier molecular flexibility index (Phi) is 6.20. The zero-order valence-electron chi connectivity index (χ0n) is 15.9. The number of rotatable bonds is 7. The van der Waals surface area contributed by atoms with E-state index in [1.165, 1.54) is 0 Å². The number of methoxy groups -OCH3 is 1. The van der Waals surface area contributed by atoms with Crippen LogP contribution in [0.25, 0.3) is 17.1 Å². The maximum atomic E-state index is 5.60. The highest BCUT2D eigenvalue weighted by molar-refractivity contribution is 7.99. The van der Waals surface area contributed by atoms with Crippen LogP contribution in [0.4, 0.5) is 0 Å². The zero-order valence-corrected chi connectivity index (χ0v) is 16.7. The molecule has 1 aromatic carbocycles.